The van der Waals surface area contributed by atoms with Crippen molar-refractivity contribution in [2.75, 3.05) is 38.7 Å². The Bertz CT molecular complexity index is 899. The van der Waals surface area contributed by atoms with Crippen molar-refractivity contribution < 1.29 is 18.8 Å². The standard InChI is InChI=1S/C20H22FN3O2S/c1-23(2)12-13-24(18(25)11-14-26-15-7-4-3-5-8-15)20-22-19-16(21)9-6-10-17(19)27-20/h3-10H,11-14H2,1-2H3/p+1. The van der Waals surface area contributed by atoms with Gasteiger partial charge in [-0.05, 0) is 24.3 Å². The van der Waals surface area contributed by atoms with Crippen LogP contribution < -0.4 is 14.5 Å². The van der Waals surface area contributed by atoms with Gasteiger partial charge in [0.05, 0.1) is 44.9 Å². The van der Waals surface area contributed by atoms with E-state index in [0.717, 1.165) is 17.0 Å². The number of halogens is 1. The minimum Gasteiger partial charge on any atom is -0.493 e. The van der Waals surface area contributed by atoms with Crippen molar-refractivity contribution >= 4 is 32.6 Å². The van der Waals surface area contributed by atoms with E-state index < -0.39 is 0 Å². The number of carbonyl (C=O) groups excluding carboxylic acids is 1. The Balaban J connectivity index is 1.73. The lowest BCUT2D eigenvalue weighted by atomic mass is 10.3. The summed E-state index contributed by atoms with van der Waals surface area (Å²) in [7, 11) is 4.05. The summed E-state index contributed by atoms with van der Waals surface area (Å²) in [6.45, 7) is 1.57. The first-order chi connectivity index (χ1) is 13.0. The minimum atomic E-state index is -0.368. The molecule has 5 nitrogen and oxygen atoms in total. The van der Waals surface area contributed by atoms with E-state index in [-0.39, 0.29) is 24.8 Å². The largest absolute Gasteiger partial charge is 0.493 e. The maximum Gasteiger partial charge on any atom is 0.232 e. The summed E-state index contributed by atoms with van der Waals surface area (Å²) in [5, 5.41) is 0.529. The second-order valence-electron chi connectivity index (χ2n) is 6.50. The van der Waals surface area contributed by atoms with E-state index in [2.05, 4.69) is 4.98 Å². The van der Waals surface area contributed by atoms with Crippen molar-refractivity contribution in [1.29, 1.82) is 0 Å². The Kier molecular flexibility index (Phi) is 6.36. The summed E-state index contributed by atoms with van der Waals surface area (Å²) in [4.78, 5) is 20.1. The zero-order valence-corrected chi connectivity index (χ0v) is 16.3. The molecule has 0 atom stereocenters. The number of ether oxygens (including phenoxy) is 1. The topological polar surface area (TPSA) is 46.9 Å². The highest BCUT2D eigenvalue weighted by Gasteiger charge is 2.21. The number of fused-ring (bicyclic) bond motifs is 1. The maximum atomic E-state index is 14.0. The number of nitrogens with one attached hydrogen (secondary N) is 1. The number of nitrogens with zero attached hydrogens (tertiary/aromatic N) is 2. The molecule has 0 unspecified atom stereocenters. The average Bonchev–Trinajstić information content (AvgIpc) is 3.08. The summed E-state index contributed by atoms with van der Waals surface area (Å²) in [6, 6.07) is 14.3. The molecule has 0 radical (unpaired) electrons. The number of hydrogen-bond donors (Lipinski definition) is 1. The zero-order chi connectivity index (χ0) is 19.2. The molecule has 0 bridgehead atoms. The van der Waals surface area contributed by atoms with E-state index in [9.17, 15) is 9.18 Å². The summed E-state index contributed by atoms with van der Waals surface area (Å²) < 4.78 is 20.4. The number of aromatic nitrogens is 1. The smallest absolute Gasteiger partial charge is 0.232 e. The fraction of sp³-hybridized carbons (Fsp3) is 0.300. The van der Waals surface area contributed by atoms with Gasteiger partial charge in [-0.3, -0.25) is 9.69 Å². The minimum absolute atomic E-state index is 0.0772. The Morgan fingerprint density at radius 1 is 1.19 bits per heavy atom. The molecule has 0 aliphatic rings. The van der Waals surface area contributed by atoms with Crippen LogP contribution in [0.15, 0.2) is 48.5 Å². The molecule has 0 spiro atoms. The van der Waals surface area contributed by atoms with Crippen LogP contribution in [0.3, 0.4) is 0 Å². The van der Waals surface area contributed by atoms with E-state index in [4.69, 9.17) is 4.74 Å². The molecule has 1 amide bonds. The van der Waals surface area contributed by atoms with E-state index in [1.165, 1.54) is 22.3 Å². The fourth-order valence-electron chi connectivity index (χ4n) is 2.59. The zero-order valence-electron chi connectivity index (χ0n) is 15.4. The molecule has 3 aromatic rings. The molecular weight excluding hydrogens is 365 g/mol. The quantitative estimate of drug-likeness (QED) is 0.645. The Morgan fingerprint density at radius 3 is 2.67 bits per heavy atom. The van der Waals surface area contributed by atoms with E-state index in [1.54, 1.807) is 11.0 Å². The lowest BCUT2D eigenvalue weighted by Gasteiger charge is -2.20. The molecule has 7 heteroatoms. The summed E-state index contributed by atoms with van der Waals surface area (Å²) >= 11 is 1.33. The van der Waals surface area contributed by atoms with Crippen LogP contribution in [-0.4, -0.2) is 44.7 Å². The Labute approximate surface area is 162 Å². The van der Waals surface area contributed by atoms with Crippen molar-refractivity contribution in [2.24, 2.45) is 0 Å². The first-order valence-electron chi connectivity index (χ1n) is 8.87. The van der Waals surface area contributed by atoms with Crippen LogP contribution >= 0.6 is 11.3 Å². The highest BCUT2D eigenvalue weighted by atomic mass is 32.1. The normalized spacial score (nSPS) is 11.1. The van der Waals surface area contributed by atoms with Crippen LogP contribution in [0.4, 0.5) is 9.52 Å². The van der Waals surface area contributed by atoms with E-state index >= 15 is 0 Å². The molecule has 1 N–H and O–H groups in total. The van der Waals surface area contributed by atoms with Gasteiger partial charge in [-0.2, -0.15) is 0 Å². The second-order valence-corrected chi connectivity index (χ2v) is 7.51. The number of amides is 1. The number of thiazole rings is 1. The molecule has 0 aliphatic carbocycles. The molecule has 0 aliphatic heterocycles. The predicted molar refractivity (Wildman–Crippen MR) is 106 cm³/mol. The first kappa shape index (κ1) is 19.3. The Hall–Kier alpha value is -2.51. The molecule has 2 aromatic carbocycles. The molecule has 1 heterocycles. The van der Waals surface area contributed by atoms with Crippen LogP contribution in [0.5, 0.6) is 5.75 Å². The maximum absolute atomic E-state index is 14.0. The van der Waals surface area contributed by atoms with Gasteiger partial charge >= 0.3 is 0 Å². The molecule has 3 rings (SSSR count). The van der Waals surface area contributed by atoms with Crippen molar-refractivity contribution in [1.82, 2.24) is 4.98 Å². The van der Waals surface area contributed by atoms with Crippen LogP contribution in [0.2, 0.25) is 0 Å². The average molecular weight is 388 g/mol. The van der Waals surface area contributed by atoms with Crippen LogP contribution in [0.1, 0.15) is 6.42 Å². The lowest BCUT2D eigenvalue weighted by Crippen LogP contribution is -3.06. The molecule has 0 fully saturated rings. The SMILES string of the molecule is C[NH+](C)CCN(C(=O)CCOc1ccccc1)c1nc2c(F)cccc2s1. The molecule has 0 saturated carbocycles. The van der Waals surface area contributed by atoms with E-state index in [0.29, 0.717) is 17.2 Å². The third-order valence-corrected chi connectivity index (χ3v) is 5.10. The van der Waals surface area contributed by atoms with Crippen LogP contribution in [0, 0.1) is 5.82 Å². The van der Waals surface area contributed by atoms with Gasteiger partial charge in [0.1, 0.15) is 17.1 Å². The van der Waals surface area contributed by atoms with Gasteiger partial charge in [-0.15, -0.1) is 0 Å². The molecular formula is C20H23FN3O2S+. The number of likely N-dealkylation sites (N-methyl/N-ethyl adjacent to an activating group) is 1. The van der Waals surface area contributed by atoms with Crippen molar-refractivity contribution in [2.45, 2.75) is 6.42 Å². The third-order valence-electron chi connectivity index (χ3n) is 4.05. The van der Waals surface area contributed by atoms with Crippen molar-refractivity contribution in [3.8, 4) is 5.75 Å². The van der Waals surface area contributed by atoms with Gasteiger partial charge in [0.15, 0.2) is 5.13 Å². The van der Waals surface area contributed by atoms with Gasteiger partial charge in [-0.1, -0.05) is 35.6 Å². The number of rotatable bonds is 8. The molecule has 142 valence electrons. The van der Waals surface area contributed by atoms with Gasteiger partial charge in [0.2, 0.25) is 5.91 Å². The van der Waals surface area contributed by atoms with Crippen molar-refractivity contribution in [3.63, 3.8) is 0 Å². The van der Waals surface area contributed by atoms with E-state index in [1.807, 2.05) is 50.5 Å². The molecule has 1 aromatic heterocycles. The Morgan fingerprint density at radius 2 is 1.96 bits per heavy atom. The van der Waals surface area contributed by atoms with Gasteiger partial charge < -0.3 is 9.64 Å². The monoisotopic (exact) mass is 388 g/mol. The summed E-state index contributed by atoms with van der Waals surface area (Å²) in [5.74, 6) is 0.288. The third kappa shape index (κ3) is 5.02. The van der Waals surface area contributed by atoms with Crippen LogP contribution in [-0.2, 0) is 4.79 Å². The van der Waals surface area contributed by atoms with Gasteiger partial charge in [0.25, 0.3) is 0 Å². The fourth-order valence-corrected chi connectivity index (χ4v) is 3.61. The van der Waals surface area contributed by atoms with Gasteiger partial charge in [0, 0.05) is 0 Å². The number of hydrogen-bond acceptors (Lipinski definition) is 4. The molecule has 0 saturated heterocycles. The predicted octanol–water partition coefficient (Wildman–Crippen LogP) is 2.38. The van der Waals surface area contributed by atoms with Crippen LogP contribution in [0.25, 0.3) is 10.2 Å². The number of carbonyl (C=O) groups is 1. The number of anilines is 1. The number of quaternary nitrogens is 1. The lowest BCUT2D eigenvalue weighted by molar-refractivity contribution is -0.856. The highest BCUT2D eigenvalue weighted by molar-refractivity contribution is 7.22. The second kappa shape index (κ2) is 8.92. The van der Waals surface area contributed by atoms with Gasteiger partial charge in [-0.25, -0.2) is 9.37 Å². The number of benzene rings is 2. The van der Waals surface area contributed by atoms with Crippen molar-refractivity contribution in [3.05, 3.63) is 54.3 Å². The summed E-state index contributed by atoms with van der Waals surface area (Å²) in [5.41, 5.74) is 0.313. The number of para-hydroxylation sites is 2. The highest BCUT2D eigenvalue weighted by Crippen LogP contribution is 2.30. The summed E-state index contributed by atoms with van der Waals surface area (Å²) in [6.07, 6.45) is 0.232. The first-order valence-corrected chi connectivity index (χ1v) is 9.68. The molecule has 27 heavy (non-hydrogen) atoms.